The minimum absolute atomic E-state index is 0.00877. The Kier molecular flexibility index (Phi) is 4.09. The van der Waals surface area contributed by atoms with Crippen LogP contribution in [0.3, 0.4) is 0 Å². The van der Waals surface area contributed by atoms with Gasteiger partial charge in [0.2, 0.25) is 5.91 Å². The zero-order valence-corrected chi connectivity index (χ0v) is 9.38. The Morgan fingerprint density at radius 2 is 2.00 bits per heavy atom. The Balaban J connectivity index is 2.81. The summed E-state index contributed by atoms with van der Waals surface area (Å²) in [6.45, 7) is 3.64. The second-order valence-corrected chi connectivity index (χ2v) is 3.98. The molecule has 1 unspecified atom stereocenters. The summed E-state index contributed by atoms with van der Waals surface area (Å²) in [7, 11) is 0. The molecular weight excluding hydrogens is 217 g/mol. The maximum absolute atomic E-state index is 13.3. The first kappa shape index (κ1) is 12.0. The van der Waals surface area contributed by atoms with E-state index < -0.39 is 11.2 Å². The lowest BCUT2D eigenvalue weighted by atomic mass is 10.1. The van der Waals surface area contributed by atoms with Crippen LogP contribution in [0.25, 0.3) is 0 Å². The molecule has 4 heteroatoms. The minimum atomic E-state index is -0.978. The summed E-state index contributed by atoms with van der Waals surface area (Å²) in [5.74, 6) is -0.840. The van der Waals surface area contributed by atoms with Crippen molar-refractivity contribution >= 4 is 17.5 Å². The van der Waals surface area contributed by atoms with Crippen molar-refractivity contribution in [3.05, 3.63) is 35.6 Å². The van der Waals surface area contributed by atoms with E-state index in [2.05, 4.69) is 5.32 Å². The van der Waals surface area contributed by atoms with Crippen LogP contribution in [-0.4, -0.2) is 11.9 Å². The van der Waals surface area contributed by atoms with Crippen molar-refractivity contribution in [2.24, 2.45) is 0 Å². The molecule has 1 aromatic carbocycles. The molecule has 0 saturated heterocycles. The zero-order chi connectivity index (χ0) is 11.4. The Labute approximate surface area is 93.4 Å². The smallest absolute Gasteiger partial charge is 0.242 e. The number of hydrogen-bond donors (Lipinski definition) is 1. The molecule has 2 nitrogen and oxygen atoms in total. The summed E-state index contributed by atoms with van der Waals surface area (Å²) < 4.78 is 13.3. The van der Waals surface area contributed by atoms with Crippen LogP contribution in [0.15, 0.2) is 24.3 Å². The van der Waals surface area contributed by atoms with E-state index in [0.717, 1.165) is 0 Å². The third-order valence-electron chi connectivity index (χ3n) is 1.84. The lowest BCUT2D eigenvalue weighted by Crippen LogP contribution is -2.33. The molecule has 0 aromatic heterocycles. The van der Waals surface area contributed by atoms with Crippen LogP contribution < -0.4 is 5.32 Å². The number of benzene rings is 1. The zero-order valence-electron chi connectivity index (χ0n) is 8.63. The number of hydrogen-bond acceptors (Lipinski definition) is 1. The predicted molar refractivity (Wildman–Crippen MR) is 58.3 cm³/mol. The molecule has 1 amide bonds. The van der Waals surface area contributed by atoms with E-state index >= 15 is 0 Å². The fourth-order valence-corrected chi connectivity index (χ4v) is 1.42. The molecule has 0 spiro atoms. The van der Waals surface area contributed by atoms with Gasteiger partial charge in [-0.1, -0.05) is 18.2 Å². The van der Waals surface area contributed by atoms with E-state index in [-0.39, 0.29) is 17.5 Å². The van der Waals surface area contributed by atoms with Gasteiger partial charge in [-0.25, -0.2) is 4.39 Å². The largest absolute Gasteiger partial charge is 0.352 e. The third kappa shape index (κ3) is 3.20. The van der Waals surface area contributed by atoms with E-state index in [1.54, 1.807) is 12.1 Å². The van der Waals surface area contributed by atoms with E-state index in [0.29, 0.717) is 0 Å². The van der Waals surface area contributed by atoms with Gasteiger partial charge in [0.05, 0.1) is 0 Å². The van der Waals surface area contributed by atoms with E-state index in [1.165, 1.54) is 12.1 Å². The monoisotopic (exact) mass is 229 g/mol. The van der Waals surface area contributed by atoms with Crippen molar-refractivity contribution in [2.45, 2.75) is 25.3 Å². The van der Waals surface area contributed by atoms with Gasteiger partial charge in [0.25, 0.3) is 0 Å². The van der Waals surface area contributed by atoms with Crippen LogP contribution >= 0.6 is 11.6 Å². The topological polar surface area (TPSA) is 29.1 Å². The fraction of sp³-hybridized carbons (Fsp3) is 0.364. The number of amides is 1. The number of carbonyl (C=O) groups excluding carboxylic acids is 1. The average molecular weight is 230 g/mol. The van der Waals surface area contributed by atoms with Crippen molar-refractivity contribution < 1.29 is 9.18 Å². The van der Waals surface area contributed by atoms with Gasteiger partial charge in [-0.15, -0.1) is 11.6 Å². The van der Waals surface area contributed by atoms with E-state index in [4.69, 9.17) is 11.6 Å². The summed E-state index contributed by atoms with van der Waals surface area (Å²) in [6, 6.07) is 5.99. The first-order chi connectivity index (χ1) is 7.02. The Morgan fingerprint density at radius 3 is 2.53 bits per heavy atom. The first-order valence-electron chi connectivity index (χ1n) is 4.71. The summed E-state index contributed by atoms with van der Waals surface area (Å²) in [4.78, 5) is 11.5. The van der Waals surface area contributed by atoms with E-state index in [9.17, 15) is 9.18 Å². The van der Waals surface area contributed by atoms with Crippen molar-refractivity contribution in [1.82, 2.24) is 5.32 Å². The minimum Gasteiger partial charge on any atom is -0.352 e. The van der Waals surface area contributed by atoms with Crippen LogP contribution in [0.5, 0.6) is 0 Å². The van der Waals surface area contributed by atoms with Crippen LogP contribution in [0.2, 0.25) is 0 Å². The number of nitrogens with one attached hydrogen (secondary N) is 1. The van der Waals surface area contributed by atoms with Crippen LogP contribution in [0, 0.1) is 5.82 Å². The summed E-state index contributed by atoms with van der Waals surface area (Å²) in [5.41, 5.74) is 0.206. The number of halogens is 2. The Morgan fingerprint density at radius 1 is 1.40 bits per heavy atom. The van der Waals surface area contributed by atoms with Gasteiger partial charge in [-0.2, -0.15) is 0 Å². The summed E-state index contributed by atoms with van der Waals surface area (Å²) in [5, 5.41) is 1.65. The highest BCUT2D eigenvalue weighted by atomic mass is 35.5. The van der Waals surface area contributed by atoms with Crippen molar-refractivity contribution in [3.8, 4) is 0 Å². The molecule has 82 valence electrons. The highest BCUT2D eigenvalue weighted by Gasteiger charge is 2.20. The van der Waals surface area contributed by atoms with Crippen LogP contribution in [0.1, 0.15) is 24.8 Å². The highest BCUT2D eigenvalue weighted by molar-refractivity contribution is 6.30. The molecule has 0 aliphatic carbocycles. The van der Waals surface area contributed by atoms with Gasteiger partial charge >= 0.3 is 0 Å². The summed E-state index contributed by atoms with van der Waals surface area (Å²) >= 11 is 5.85. The molecule has 0 heterocycles. The van der Waals surface area contributed by atoms with Gasteiger partial charge in [-0.05, 0) is 19.9 Å². The second-order valence-electron chi connectivity index (χ2n) is 3.55. The number of rotatable bonds is 3. The molecular formula is C11H13ClFNO. The third-order valence-corrected chi connectivity index (χ3v) is 2.27. The molecule has 1 atom stereocenters. The predicted octanol–water partition coefficient (Wildman–Crippen LogP) is 2.63. The molecule has 1 aromatic rings. The number of carbonyl (C=O) groups is 1. The maximum Gasteiger partial charge on any atom is 0.242 e. The quantitative estimate of drug-likeness (QED) is 0.794. The Bertz CT molecular complexity index is 354. The van der Waals surface area contributed by atoms with Crippen molar-refractivity contribution in [3.63, 3.8) is 0 Å². The SMILES string of the molecule is CC(C)NC(=O)C(Cl)c1ccccc1F. The molecule has 0 aliphatic rings. The van der Waals surface area contributed by atoms with E-state index in [1.807, 2.05) is 13.8 Å². The highest BCUT2D eigenvalue weighted by Crippen LogP contribution is 2.23. The van der Waals surface area contributed by atoms with Gasteiger partial charge in [0.15, 0.2) is 0 Å². The van der Waals surface area contributed by atoms with Crippen LogP contribution in [-0.2, 0) is 4.79 Å². The molecule has 0 saturated carbocycles. The molecule has 0 bridgehead atoms. The fourth-order valence-electron chi connectivity index (χ4n) is 1.18. The molecule has 15 heavy (non-hydrogen) atoms. The van der Waals surface area contributed by atoms with Gasteiger partial charge < -0.3 is 5.32 Å². The molecule has 1 rings (SSSR count). The van der Waals surface area contributed by atoms with Gasteiger partial charge in [0, 0.05) is 11.6 Å². The molecule has 0 radical (unpaired) electrons. The van der Waals surface area contributed by atoms with Gasteiger partial charge in [-0.3, -0.25) is 4.79 Å². The second kappa shape index (κ2) is 5.12. The first-order valence-corrected chi connectivity index (χ1v) is 5.15. The van der Waals surface area contributed by atoms with Gasteiger partial charge in [0.1, 0.15) is 11.2 Å². The van der Waals surface area contributed by atoms with Crippen LogP contribution in [0.4, 0.5) is 4.39 Å². The van der Waals surface area contributed by atoms with Crippen molar-refractivity contribution in [2.75, 3.05) is 0 Å². The lowest BCUT2D eigenvalue weighted by Gasteiger charge is -2.13. The Hall–Kier alpha value is -1.09. The molecule has 0 aliphatic heterocycles. The molecule has 0 fully saturated rings. The average Bonchev–Trinajstić information content (AvgIpc) is 2.16. The summed E-state index contributed by atoms with van der Waals surface area (Å²) in [6.07, 6.45) is 0. The lowest BCUT2D eigenvalue weighted by molar-refractivity contribution is -0.121. The van der Waals surface area contributed by atoms with Crippen molar-refractivity contribution in [1.29, 1.82) is 0 Å². The normalized spacial score (nSPS) is 12.6. The molecule has 1 N–H and O–H groups in total. The maximum atomic E-state index is 13.3. The standard InChI is InChI=1S/C11H13ClFNO/c1-7(2)14-11(15)10(12)8-5-3-4-6-9(8)13/h3-7,10H,1-2H3,(H,14,15). The number of alkyl halides is 1.